The Morgan fingerprint density at radius 2 is 2.38 bits per heavy atom. The summed E-state index contributed by atoms with van der Waals surface area (Å²) in [7, 11) is 1.87. The highest BCUT2D eigenvalue weighted by Gasteiger charge is 2.30. The number of hydrogen-bond donors (Lipinski definition) is 1. The smallest absolute Gasteiger partial charge is 0.117 e. The zero-order chi connectivity index (χ0) is 12.0. The molecule has 0 saturated carbocycles. The first-order chi connectivity index (χ1) is 7.74. The quantitative estimate of drug-likeness (QED) is 0.585. The summed E-state index contributed by atoms with van der Waals surface area (Å²) in [6, 6.07) is 1.13. The van der Waals surface area contributed by atoms with Crippen LogP contribution in [0.15, 0.2) is 17.3 Å². The van der Waals surface area contributed by atoms with Crippen LogP contribution < -0.4 is 5.32 Å². The highest BCUT2D eigenvalue weighted by molar-refractivity contribution is 5.88. The summed E-state index contributed by atoms with van der Waals surface area (Å²) in [5.41, 5.74) is 0. The van der Waals surface area contributed by atoms with Crippen LogP contribution in [0, 0.1) is 0 Å². The third kappa shape index (κ3) is 3.08. The van der Waals surface area contributed by atoms with Gasteiger partial charge in [-0.2, -0.15) is 0 Å². The number of likely N-dealkylation sites (tertiary alicyclic amines) is 1. The fourth-order valence-corrected chi connectivity index (χ4v) is 2.32. The lowest BCUT2D eigenvalue weighted by molar-refractivity contribution is 0.222. The van der Waals surface area contributed by atoms with Gasteiger partial charge in [-0.25, -0.2) is 0 Å². The number of hydrogen-bond acceptors (Lipinski definition) is 2. The Morgan fingerprint density at radius 3 is 2.94 bits per heavy atom. The van der Waals surface area contributed by atoms with Crippen molar-refractivity contribution >= 4 is 5.84 Å². The summed E-state index contributed by atoms with van der Waals surface area (Å²) in [6.07, 6.45) is 7.69. The van der Waals surface area contributed by atoms with E-state index in [4.69, 9.17) is 0 Å². The number of allylic oxidation sites excluding steroid dienone is 1. The van der Waals surface area contributed by atoms with Crippen LogP contribution in [0.25, 0.3) is 0 Å². The molecule has 0 aromatic heterocycles. The predicted molar refractivity (Wildman–Crippen MR) is 70.8 cm³/mol. The molecule has 0 aromatic rings. The van der Waals surface area contributed by atoms with E-state index in [1.165, 1.54) is 25.8 Å². The summed E-state index contributed by atoms with van der Waals surface area (Å²) in [5, 5.41) is 3.30. The summed E-state index contributed by atoms with van der Waals surface area (Å²) in [5.74, 6) is 1.11. The Labute approximate surface area is 99.6 Å². The van der Waals surface area contributed by atoms with Crippen molar-refractivity contribution in [2.24, 2.45) is 4.99 Å². The third-order valence-electron chi connectivity index (χ3n) is 3.41. The Kier molecular flexibility index (Phi) is 5.53. The molecular formula is C13H25N3. The fraction of sp³-hybridized carbons (Fsp3) is 0.769. The highest BCUT2D eigenvalue weighted by atomic mass is 15.2. The lowest BCUT2D eigenvalue weighted by Gasteiger charge is -2.30. The molecule has 3 heteroatoms. The molecule has 1 rings (SSSR count). The molecule has 16 heavy (non-hydrogen) atoms. The van der Waals surface area contributed by atoms with Gasteiger partial charge in [-0.1, -0.05) is 13.0 Å². The van der Waals surface area contributed by atoms with E-state index in [1.54, 1.807) is 0 Å². The van der Waals surface area contributed by atoms with Gasteiger partial charge < -0.3 is 5.32 Å². The topological polar surface area (TPSA) is 27.6 Å². The van der Waals surface area contributed by atoms with Gasteiger partial charge in [0.05, 0.1) is 6.04 Å². The Hall–Kier alpha value is -0.830. The second-order valence-electron chi connectivity index (χ2n) is 4.41. The molecule has 1 aliphatic rings. The second-order valence-corrected chi connectivity index (χ2v) is 4.41. The van der Waals surface area contributed by atoms with E-state index >= 15 is 0 Å². The fourth-order valence-electron chi connectivity index (χ4n) is 2.32. The highest BCUT2D eigenvalue weighted by Crippen LogP contribution is 2.22. The van der Waals surface area contributed by atoms with Gasteiger partial charge >= 0.3 is 0 Å². The van der Waals surface area contributed by atoms with Crippen LogP contribution in [-0.2, 0) is 0 Å². The summed E-state index contributed by atoms with van der Waals surface area (Å²) < 4.78 is 0. The van der Waals surface area contributed by atoms with Gasteiger partial charge in [0.1, 0.15) is 5.84 Å². The van der Waals surface area contributed by atoms with E-state index in [2.05, 4.69) is 29.1 Å². The number of amidine groups is 1. The largest absolute Gasteiger partial charge is 0.349 e. The summed E-state index contributed by atoms with van der Waals surface area (Å²) >= 11 is 0. The van der Waals surface area contributed by atoms with Gasteiger partial charge in [0, 0.05) is 13.1 Å². The van der Waals surface area contributed by atoms with Crippen molar-refractivity contribution in [1.29, 1.82) is 0 Å². The van der Waals surface area contributed by atoms with Crippen LogP contribution in [0.5, 0.6) is 0 Å². The molecule has 1 aliphatic heterocycles. The zero-order valence-corrected chi connectivity index (χ0v) is 11.0. The molecule has 2 unspecified atom stereocenters. The first-order valence-corrected chi connectivity index (χ1v) is 6.34. The minimum atomic E-state index is 0.483. The third-order valence-corrected chi connectivity index (χ3v) is 3.41. The molecule has 0 aromatic carbocycles. The van der Waals surface area contributed by atoms with Crippen molar-refractivity contribution in [3.05, 3.63) is 12.3 Å². The lowest BCUT2D eigenvalue weighted by atomic mass is 10.1. The first-order valence-electron chi connectivity index (χ1n) is 6.34. The van der Waals surface area contributed by atoms with Crippen molar-refractivity contribution in [2.75, 3.05) is 13.6 Å². The van der Waals surface area contributed by atoms with E-state index in [9.17, 15) is 0 Å². The van der Waals surface area contributed by atoms with Crippen molar-refractivity contribution < 1.29 is 0 Å². The standard InChI is InChI=1S/C13H25N3/c1-5-9-15-13(14-4)12-8-7-10-16(12)11(3)6-2/h5,9,11-12H,6-8,10H2,1-4H3,(H,14,15). The van der Waals surface area contributed by atoms with Crippen molar-refractivity contribution in [3.8, 4) is 0 Å². The maximum absolute atomic E-state index is 4.39. The number of nitrogens with zero attached hydrogens (tertiary/aromatic N) is 2. The zero-order valence-electron chi connectivity index (χ0n) is 11.0. The van der Waals surface area contributed by atoms with Crippen LogP contribution in [0.3, 0.4) is 0 Å². The van der Waals surface area contributed by atoms with Crippen molar-refractivity contribution in [3.63, 3.8) is 0 Å². The second kappa shape index (κ2) is 6.69. The van der Waals surface area contributed by atoms with Gasteiger partial charge in [0.25, 0.3) is 0 Å². The van der Waals surface area contributed by atoms with Gasteiger partial charge in [-0.3, -0.25) is 9.89 Å². The van der Waals surface area contributed by atoms with Crippen LogP contribution in [-0.4, -0.2) is 36.4 Å². The number of rotatable bonds is 4. The van der Waals surface area contributed by atoms with Crippen LogP contribution >= 0.6 is 0 Å². The van der Waals surface area contributed by atoms with E-state index in [0.717, 1.165) is 5.84 Å². The van der Waals surface area contributed by atoms with E-state index in [1.807, 2.05) is 26.2 Å². The average molecular weight is 223 g/mol. The lowest BCUT2D eigenvalue weighted by Crippen LogP contribution is -2.45. The van der Waals surface area contributed by atoms with Crippen molar-refractivity contribution in [1.82, 2.24) is 10.2 Å². The van der Waals surface area contributed by atoms with Gasteiger partial charge in [-0.15, -0.1) is 0 Å². The monoisotopic (exact) mass is 223 g/mol. The van der Waals surface area contributed by atoms with Gasteiger partial charge in [-0.05, 0) is 45.9 Å². The maximum atomic E-state index is 4.39. The maximum Gasteiger partial charge on any atom is 0.117 e. The van der Waals surface area contributed by atoms with Crippen LogP contribution in [0.2, 0.25) is 0 Å². The van der Waals surface area contributed by atoms with Crippen molar-refractivity contribution in [2.45, 2.75) is 52.1 Å². The summed E-state index contributed by atoms with van der Waals surface area (Å²) in [4.78, 5) is 6.96. The minimum Gasteiger partial charge on any atom is -0.349 e. The Balaban J connectivity index is 2.68. The SMILES string of the molecule is CC=CNC(=NC)C1CCCN1C(C)CC. The number of aliphatic imine (C=N–C) groups is 1. The first kappa shape index (κ1) is 13.2. The van der Waals surface area contributed by atoms with Gasteiger partial charge in [0.15, 0.2) is 0 Å². The molecule has 0 radical (unpaired) electrons. The van der Waals surface area contributed by atoms with Crippen LogP contribution in [0.4, 0.5) is 0 Å². The molecule has 0 spiro atoms. The van der Waals surface area contributed by atoms with E-state index in [-0.39, 0.29) is 0 Å². The molecule has 1 fully saturated rings. The molecule has 0 bridgehead atoms. The minimum absolute atomic E-state index is 0.483. The Morgan fingerprint density at radius 1 is 1.62 bits per heavy atom. The number of nitrogens with one attached hydrogen (secondary N) is 1. The molecule has 1 N–H and O–H groups in total. The molecule has 0 amide bonds. The Bertz CT molecular complexity index is 258. The molecule has 1 saturated heterocycles. The molecule has 3 nitrogen and oxygen atoms in total. The predicted octanol–water partition coefficient (Wildman–Crippen LogP) is 2.40. The summed E-state index contributed by atoms with van der Waals surface area (Å²) in [6.45, 7) is 7.78. The molecule has 92 valence electrons. The molecule has 0 aliphatic carbocycles. The normalized spacial score (nSPS) is 25.2. The average Bonchev–Trinajstić information content (AvgIpc) is 2.78. The molecule has 2 atom stereocenters. The van der Waals surface area contributed by atoms with Crippen LogP contribution in [0.1, 0.15) is 40.0 Å². The van der Waals surface area contributed by atoms with Gasteiger partial charge in [0.2, 0.25) is 0 Å². The van der Waals surface area contributed by atoms with E-state index in [0.29, 0.717) is 12.1 Å². The molecular weight excluding hydrogens is 198 g/mol. The van der Waals surface area contributed by atoms with E-state index < -0.39 is 0 Å². The molecule has 1 heterocycles.